The minimum absolute atomic E-state index is 0.248. The molecule has 1 rings (SSSR count). The number of nitrogens with two attached hydrogens (primary N) is 1. The topological polar surface area (TPSA) is 49.5 Å². The van der Waals surface area contributed by atoms with Crippen LogP contribution in [0.5, 0.6) is 0 Å². The zero-order valence-corrected chi connectivity index (χ0v) is 10.8. The van der Waals surface area contributed by atoms with Crippen LogP contribution in [0.1, 0.15) is 19.3 Å². The van der Waals surface area contributed by atoms with E-state index in [-0.39, 0.29) is 6.61 Å². The largest absolute Gasteiger partial charge is 0.396 e. The van der Waals surface area contributed by atoms with Gasteiger partial charge in [0.1, 0.15) is 0 Å². The third kappa shape index (κ3) is 5.65. The molecule has 3 nitrogen and oxygen atoms in total. The third-order valence-electron chi connectivity index (χ3n) is 2.59. The molecule has 0 aliphatic heterocycles. The van der Waals surface area contributed by atoms with Crippen molar-refractivity contribution in [2.45, 2.75) is 19.3 Å². The molecule has 1 aromatic rings. The van der Waals surface area contributed by atoms with Crippen molar-refractivity contribution in [2.75, 3.05) is 24.6 Å². The lowest BCUT2D eigenvalue weighted by atomic mass is 10.2. The summed E-state index contributed by atoms with van der Waals surface area (Å²) in [6, 6.07) is 10.2. The number of unbranched alkanes of at least 4 members (excludes halogenated alkanes) is 1. The zero-order chi connectivity index (χ0) is 12.5. The van der Waals surface area contributed by atoms with Crippen molar-refractivity contribution in [1.29, 1.82) is 0 Å². The fourth-order valence-corrected chi connectivity index (χ4v) is 1.76. The lowest BCUT2D eigenvalue weighted by Crippen LogP contribution is -2.28. The average Bonchev–Trinajstić information content (AvgIpc) is 2.34. The SMILES string of the molecule is NC(=S)CCN(CCCCO)c1ccccc1. The Labute approximate surface area is 108 Å². The fourth-order valence-electron chi connectivity index (χ4n) is 1.67. The van der Waals surface area contributed by atoms with E-state index in [0.29, 0.717) is 4.99 Å². The van der Waals surface area contributed by atoms with Crippen molar-refractivity contribution in [3.63, 3.8) is 0 Å². The summed E-state index contributed by atoms with van der Waals surface area (Å²) >= 11 is 4.91. The number of para-hydroxylation sites is 1. The number of benzene rings is 1. The van der Waals surface area contributed by atoms with E-state index in [2.05, 4.69) is 17.0 Å². The van der Waals surface area contributed by atoms with Crippen LogP contribution < -0.4 is 10.6 Å². The number of anilines is 1. The van der Waals surface area contributed by atoms with Crippen LogP contribution in [0.4, 0.5) is 5.69 Å². The van der Waals surface area contributed by atoms with E-state index >= 15 is 0 Å². The molecular formula is C13H20N2OS. The van der Waals surface area contributed by atoms with Crippen LogP contribution in [0.15, 0.2) is 30.3 Å². The molecule has 0 radical (unpaired) electrons. The third-order valence-corrected chi connectivity index (χ3v) is 2.79. The fraction of sp³-hybridized carbons (Fsp3) is 0.462. The Kier molecular flexibility index (Phi) is 6.58. The lowest BCUT2D eigenvalue weighted by molar-refractivity contribution is 0.285. The number of aliphatic hydroxyl groups is 1. The molecule has 0 saturated carbocycles. The predicted molar refractivity (Wildman–Crippen MR) is 76.4 cm³/mol. The molecule has 3 N–H and O–H groups in total. The maximum Gasteiger partial charge on any atom is 0.0745 e. The van der Waals surface area contributed by atoms with Gasteiger partial charge in [0, 0.05) is 31.8 Å². The molecule has 1 aromatic carbocycles. The highest BCUT2D eigenvalue weighted by Crippen LogP contribution is 2.14. The van der Waals surface area contributed by atoms with Gasteiger partial charge in [-0.1, -0.05) is 30.4 Å². The van der Waals surface area contributed by atoms with Crippen molar-refractivity contribution in [3.8, 4) is 0 Å². The molecule has 0 atom stereocenters. The Morgan fingerprint density at radius 1 is 1.18 bits per heavy atom. The predicted octanol–water partition coefficient (Wildman–Crippen LogP) is 1.94. The molecule has 4 heteroatoms. The van der Waals surface area contributed by atoms with Crippen molar-refractivity contribution < 1.29 is 5.11 Å². The maximum absolute atomic E-state index is 8.81. The minimum Gasteiger partial charge on any atom is -0.396 e. The van der Waals surface area contributed by atoms with E-state index in [4.69, 9.17) is 23.1 Å². The Balaban J connectivity index is 2.55. The van der Waals surface area contributed by atoms with Gasteiger partial charge in [-0.25, -0.2) is 0 Å². The molecule has 0 unspecified atom stereocenters. The van der Waals surface area contributed by atoms with Crippen LogP contribution in [-0.4, -0.2) is 29.8 Å². The molecule has 0 aliphatic carbocycles. The normalized spacial score (nSPS) is 10.2. The van der Waals surface area contributed by atoms with Gasteiger partial charge in [-0.05, 0) is 25.0 Å². The molecule has 0 aromatic heterocycles. The number of thiocarbonyl (C=S) groups is 1. The van der Waals surface area contributed by atoms with Gasteiger partial charge < -0.3 is 15.7 Å². The Morgan fingerprint density at radius 3 is 2.47 bits per heavy atom. The molecule has 0 fully saturated rings. The number of hydrogen-bond donors (Lipinski definition) is 2. The summed E-state index contributed by atoms with van der Waals surface area (Å²) in [5.74, 6) is 0. The van der Waals surface area contributed by atoms with Gasteiger partial charge in [-0.15, -0.1) is 0 Å². The average molecular weight is 252 g/mol. The van der Waals surface area contributed by atoms with E-state index < -0.39 is 0 Å². The van der Waals surface area contributed by atoms with Gasteiger partial charge in [0.05, 0.1) is 4.99 Å². The van der Waals surface area contributed by atoms with E-state index in [1.807, 2.05) is 18.2 Å². The van der Waals surface area contributed by atoms with Crippen LogP contribution in [0.25, 0.3) is 0 Å². The summed E-state index contributed by atoms with van der Waals surface area (Å²) in [7, 11) is 0. The highest BCUT2D eigenvalue weighted by atomic mass is 32.1. The van der Waals surface area contributed by atoms with Gasteiger partial charge in [-0.2, -0.15) is 0 Å². The van der Waals surface area contributed by atoms with Gasteiger partial charge in [0.25, 0.3) is 0 Å². The summed E-state index contributed by atoms with van der Waals surface area (Å²) in [5.41, 5.74) is 6.72. The Hall–Kier alpha value is -1.13. The summed E-state index contributed by atoms with van der Waals surface area (Å²) in [5, 5.41) is 8.81. The molecule has 0 heterocycles. The molecule has 94 valence electrons. The Morgan fingerprint density at radius 2 is 1.88 bits per heavy atom. The number of nitrogens with zero attached hydrogens (tertiary/aromatic N) is 1. The first kappa shape index (κ1) is 13.9. The van der Waals surface area contributed by atoms with Crippen LogP contribution in [-0.2, 0) is 0 Å². The Bertz CT molecular complexity index is 329. The van der Waals surface area contributed by atoms with E-state index in [0.717, 1.165) is 32.4 Å². The summed E-state index contributed by atoms with van der Waals surface area (Å²) in [4.78, 5) is 2.81. The van der Waals surface area contributed by atoms with Gasteiger partial charge in [-0.3, -0.25) is 0 Å². The van der Waals surface area contributed by atoms with Crippen LogP contribution in [0, 0.1) is 0 Å². The van der Waals surface area contributed by atoms with Crippen LogP contribution in [0.3, 0.4) is 0 Å². The van der Waals surface area contributed by atoms with Crippen molar-refractivity contribution in [2.24, 2.45) is 5.73 Å². The second-order valence-corrected chi connectivity index (χ2v) is 4.49. The minimum atomic E-state index is 0.248. The number of aliphatic hydroxyl groups excluding tert-OH is 1. The molecule has 0 spiro atoms. The molecule has 0 aliphatic rings. The number of rotatable bonds is 8. The van der Waals surface area contributed by atoms with Gasteiger partial charge in [0.15, 0.2) is 0 Å². The van der Waals surface area contributed by atoms with E-state index in [9.17, 15) is 0 Å². The smallest absolute Gasteiger partial charge is 0.0745 e. The molecule has 0 bridgehead atoms. The molecular weight excluding hydrogens is 232 g/mol. The quantitative estimate of drug-likeness (QED) is 0.548. The molecule has 17 heavy (non-hydrogen) atoms. The monoisotopic (exact) mass is 252 g/mol. The van der Waals surface area contributed by atoms with Crippen LogP contribution >= 0.6 is 12.2 Å². The highest BCUT2D eigenvalue weighted by molar-refractivity contribution is 7.80. The number of hydrogen-bond acceptors (Lipinski definition) is 3. The van der Waals surface area contributed by atoms with E-state index in [1.165, 1.54) is 5.69 Å². The standard InChI is InChI=1S/C13H20N2OS/c14-13(17)8-10-15(9-4-5-11-16)12-6-2-1-3-7-12/h1-3,6-7,16H,4-5,8-11H2,(H2,14,17). The maximum atomic E-state index is 8.81. The first-order valence-corrected chi connectivity index (χ1v) is 6.34. The van der Waals surface area contributed by atoms with Crippen molar-refractivity contribution >= 4 is 22.9 Å². The second kappa shape index (κ2) is 8.03. The van der Waals surface area contributed by atoms with Gasteiger partial charge in [0.2, 0.25) is 0 Å². The zero-order valence-electron chi connectivity index (χ0n) is 10.0. The first-order valence-electron chi connectivity index (χ1n) is 5.93. The lowest BCUT2D eigenvalue weighted by Gasteiger charge is -2.24. The summed E-state index contributed by atoms with van der Waals surface area (Å²) in [6.45, 7) is 2.01. The summed E-state index contributed by atoms with van der Waals surface area (Å²) in [6.07, 6.45) is 2.53. The van der Waals surface area contributed by atoms with E-state index in [1.54, 1.807) is 0 Å². The highest BCUT2D eigenvalue weighted by Gasteiger charge is 2.05. The van der Waals surface area contributed by atoms with Crippen molar-refractivity contribution in [1.82, 2.24) is 0 Å². The molecule has 0 amide bonds. The molecule has 0 saturated heterocycles. The second-order valence-electron chi connectivity index (χ2n) is 3.97. The summed E-state index contributed by atoms with van der Waals surface area (Å²) < 4.78 is 0. The van der Waals surface area contributed by atoms with Gasteiger partial charge >= 0.3 is 0 Å². The van der Waals surface area contributed by atoms with Crippen molar-refractivity contribution in [3.05, 3.63) is 30.3 Å². The first-order chi connectivity index (χ1) is 8.24. The van der Waals surface area contributed by atoms with Crippen LogP contribution in [0.2, 0.25) is 0 Å².